The van der Waals surface area contributed by atoms with Gasteiger partial charge < -0.3 is 15.4 Å². The number of rotatable bonds is 6. The summed E-state index contributed by atoms with van der Waals surface area (Å²) in [6, 6.07) is 15.0. The molecule has 0 bridgehead atoms. The first-order valence-electron chi connectivity index (χ1n) is 9.61. The first-order valence-corrected chi connectivity index (χ1v) is 12.3. The van der Waals surface area contributed by atoms with Gasteiger partial charge in [0, 0.05) is 23.0 Å². The van der Waals surface area contributed by atoms with Gasteiger partial charge in [0.2, 0.25) is 5.91 Å². The number of fused-ring (bicyclic) bond motifs is 1. The summed E-state index contributed by atoms with van der Waals surface area (Å²) >= 11 is 1.49. The van der Waals surface area contributed by atoms with Crippen LogP contribution in [0.15, 0.2) is 53.5 Å². The van der Waals surface area contributed by atoms with E-state index in [4.69, 9.17) is 4.74 Å². The highest BCUT2D eigenvalue weighted by Crippen LogP contribution is 2.34. The predicted octanol–water partition coefficient (Wildman–Crippen LogP) is 2.23. The zero-order valence-corrected chi connectivity index (χ0v) is 18.1. The van der Waals surface area contributed by atoms with E-state index in [1.165, 1.54) is 11.8 Å². The summed E-state index contributed by atoms with van der Waals surface area (Å²) in [6.45, 7) is 0.414. The third-order valence-corrected chi connectivity index (χ3v) is 8.20. The Kier molecular flexibility index (Phi) is 6.01. The van der Waals surface area contributed by atoms with E-state index in [-0.39, 0.29) is 35.1 Å². The van der Waals surface area contributed by atoms with Crippen LogP contribution in [0.25, 0.3) is 0 Å². The zero-order chi connectivity index (χ0) is 21.1. The van der Waals surface area contributed by atoms with Gasteiger partial charge in [0.25, 0.3) is 0 Å². The highest BCUT2D eigenvalue weighted by molar-refractivity contribution is 8.15. The van der Waals surface area contributed by atoms with Crippen LogP contribution in [0.3, 0.4) is 0 Å². The van der Waals surface area contributed by atoms with Gasteiger partial charge in [0.1, 0.15) is 5.75 Å². The molecule has 158 valence electrons. The SMILES string of the molecule is COc1ccccc1CNC(=O)Cc1ccc(NC2=NC3CS(=O)(=O)CC3S2)cc1. The molecule has 2 N–H and O–H groups in total. The summed E-state index contributed by atoms with van der Waals surface area (Å²) in [7, 11) is -1.33. The summed E-state index contributed by atoms with van der Waals surface area (Å²) in [5.74, 6) is 1.02. The zero-order valence-electron chi connectivity index (χ0n) is 16.5. The molecule has 2 aliphatic heterocycles. The minimum absolute atomic E-state index is 0.0173. The minimum atomic E-state index is -2.95. The number of nitrogens with zero attached hydrogens (tertiary/aromatic N) is 1. The first kappa shape index (κ1) is 20.7. The maximum atomic E-state index is 12.3. The van der Waals surface area contributed by atoms with Gasteiger partial charge in [-0.1, -0.05) is 42.1 Å². The number of hydrogen-bond acceptors (Lipinski definition) is 7. The van der Waals surface area contributed by atoms with Gasteiger partial charge in [-0.05, 0) is 23.8 Å². The Hall–Kier alpha value is -2.52. The molecule has 0 aliphatic carbocycles. The van der Waals surface area contributed by atoms with Crippen LogP contribution in [0.5, 0.6) is 5.75 Å². The molecule has 1 saturated heterocycles. The molecule has 0 radical (unpaired) electrons. The molecule has 0 spiro atoms. The van der Waals surface area contributed by atoms with Gasteiger partial charge in [-0.2, -0.15) is 0 Å². The van der Waals surface area contributed by atoms with Crippen molar-refractivity contribution >= 4 is 38.4 Å². The number of hydrogen-bond donors (Lipinski definition) is 2. The average molecular weight is 446 g/mol. The molecule has 2 aliphatic rings. The quantitative estimate of drug-likeness (QED) is 0.708. The van der Waals surface area contributed by atoms with Crippen molar-refractivity contribution in [2.75, 3.05) is 23.9 Å². The Morgan fingerprint density at radius 2 is 1.93 bits per heavy atom. The third kappa shape index (κ3) is 4.96. The number of anilines is 1. The Bertz CT molecular complexity index is 1070. The van der Waals surface area contributed by atoms with E-state index in [9.17, 15) is 13.2 Å². The number of aliphatic imine (C=N–C) groups is 1. The highest BCUT2D eigenvalue weighted by Gasteiger charge is 2.42. The Morgan fingerprint density at radius 1 is 1.17 bits per heavy atom. The normalized spacial score (nSPS) is 21.6. The van der Waals surface area contributed by atoms with E-state index in [2.05, 4.69) is 15.6 Å². The Labute approximate surface area is 180 Å². The molecule has 2 atom stereocenters. The van der Waals surface area contributed by atoms with Crippen LogP contribution in [0.1, 0.15) is 11.1 Å². The van der Waals surface area contributed by atoms with Gasteiger partial charge in [-0.3, -0.25) is 9.79 Å². The summed E-state index contributed by atoms with van der Waals surface area (Å²) in [5.41, 5.74) is 2.70. The fourth-order valence-corrected chi connectivity index (χ4v) is 7.21. The molecule has 0 saturated carbocycles. The van der Waals surface area contributed by atoms with Crippen molar-refractivity contribution in [3.8, 4) is 5.75 Å². The molecule has 2 aromatic rings. The average Bonchev–Trinajstić information content (AvgIpc) is 3.20. The molecule has 0 aromatic heterocycles. The smallest absolute Gasteiger partial charge is 0.224 e. The van der Waals surface area contributed by atoms with E-state index in [1.807, 2.05) is 48.5 Å². The van der Waals surface area contributed by atoms with Crippen molar-refractivity contribution in [2.24, 2.45) is 4.99 Å². The van der Waals surface area contributed by atoms with Crippen LogP contribution in [0, 0.1) is 0 Å². The molecule has 4 rings (SSSR count). The number of amides is 1. The lowest BCUT2D eigenvalue weighted by Crippen LogP contribution is -2.24. The van der Waals surface area contributed by atoms with Crippen molar-refractivity contribution in [1.29, 1.82) is 0 Å². The molecule has 2 heterocycles. The largest absolute Gasteiger partial charge is 0.496 e. The fourth-order valence-electron chi connectivity index (χ4n) is 3.54. The summed E-state index contributed by atoms with van der Waals surface area (Å²) in [4.78, 5) is 16.8. The second-order valence-electron chi connectivity index (χ2n) is 7.32. The molecular weight excluding hydrogens is 422 g/mol. The van der Waals surface area contributed by atoms with Gasteiger partial charge in [-0.15, -0.1) is 0 Å². The number of nitrogens with one attached hydrogen (secondary N) is 2. The van der Waals surface area contributed by atoms with Gasteiger partial charge >= 0.3 is 0 Å². The summed E-state index contributed by atoms with van der Waals surface area (Å²) in [6.07, 6.45) is 0.285. The molecule has 1 fully saturated rings. The molecule has 1 amide bonds. The topological polar surface area (TPSA) is 96.9 Å². The minimum Gasteiger partial charge on any atom is -0.496 e. The molecule has 30 heavy (non-hydrogen) atoms. The van der Waals surface area contributed by atoms with Crippen molar-refractivity contribution in [3.05, 3.63) is 59.7 Å². The van der Waals surface area contributed by atoms with E-state index in [1.54, 1.807) is 7.11 Å². The summed E-state index contributed by atoms with van der Waals surface area (Å²) in [5, 5.41) is 6.93. The van der Waals surface area contributed by atoms with Gasteiger partial charge in [0.05, 0.1) is 31.1 Å². The third-order valence-electron chi connectivity index (χ3n) is 5.06. The second kappa shape index (κ2) is 8.69. The summed E-state index contributed by atoms with van der Waals surface area (Å²) < 4.78 is 28.6. The van der Waals surface area contributed by atoms with Crippen molar-refractivity contribution < 1.29 is 17.9 Å². The molecule has 2 unspecified atom stereocenters. The van der Waals surface area contributed by atoms with Crippen LogP contribution in [0.2, 0.25) is 0 Å². The van der Waals surface area contributed by atoms with Crippen LogP contribution in [-0.4, -0.2) is 49.4 Å². The molecule has 7 nitrogen and oxygen atoms in total. The number of methoxy groups -OCH3 is 1. The lowest BCUT2D eigenvalue weighted by atomic mass is 10.1. The number of ether oxygens (including phenoxy) is 1. The number of para-hydroxylation sites is 1. The van der Waals surface area contributed by atoms with Gasteiger partial charge in [-0.25, -0.2) is 8.42 Å². The molecular formula is C21H23N3O4S2. The lowest BCUT2D eigenvalue weighted by Gasteiger charge is -2.10. The van der Waals surface area contributed by atoms with E-state index < -0.39 is 9.84 Å². The first-order chi connectivity index (χ1) is 14.4. The number of carbonyl (C=O) groups excluding carboxylic acids is 1. The van der Waals surface area contributed by atoms with Crippen LogP contribution < -0.4 is 15.4 Å². The van der Waals surface area contributed by atoms with E-state index >= 15 is 0 Å². The van der Waals surface area contributed by atoms with Crippen LogP contribution >= 0.6 is 11.8 Å². The number of thioether (sulfide) groups is 1. The Balaban J connectivity index is 1.28. The molecule has 2 aromatic carbocycles. The van der Waals surface area contributed by atoms with Crippen molar-refractivity contribution in [2.45, 2.75) is 24.3 Å². The fraction of sp³-hybridized carbons (Fsp3) is 0.333. The second-order valence-corrected chi connectivity index (χ2v) is 10.7. The van der Waals surface area contributed by atoms with Crippen LogP contribution in [-0.2, 0) is 27.6 Å². The Morgan fingerprint density at radius 3 is 2.67 bits per heavy atom. The van der Waals surface area contributed by atoms with Crippen molar-refractivity contribution in [3.63, 3.8) is 0 Å². The lowest BCUT2D eigenvalue weighted by molar-refractivity contribution is -0.120. The van der Waals surface area contributed by atoms with Crippen molar-refractivity contribution in [1.82, 2.24) is 5.32 Å². The number of sulfone groups is 1. The molecule has 9 heteroatoms. The number of amidine groups is 1. The highest BCUT2D eigenvalue weighted by atomic mass is 32.2. The maximum absolute atomic E-state index is 12.3. The maximum Gasteiger partial charge on any atom is 0.224 e. The van der Waals surface area contributed by atoms with Gasteiger partial charge in [0.15, 0.2) is 15.0 Å². The van der Waals surface area contributed by atoms with E-state index in [0.29, 0.717) is 6.54 Å². The predicted molar refractivity (Wildman–Crippen MR) is 120 cm³/mol. The van der Waals surface area contributed by atoms with Crippen LogP contribution in [0.4, 0.5) is 5.69 Å². The number of carbonyl (C=O) groups is 1. The standard InChI is InChI=1S/C21H23N3O4S2/c1-28-18-5-3-2-4-15(18)11-22-20(25)10-14-6-8-16(9-7-14)23-21-24-17-12-30(26,27)13-19(17)29-21/h2-9,17,19H,10-13H2,1H3,(H,22,25)(H,23,24). The van der Waals surface area contributed by atoms with E-state index in [0.717, 1.165) is 27.7 Å². The number of benzene rings is 2. The monoisotopic (exact) mass is 445 g/mol.